The van der Waals surface area contributed by atoms with Gasteiger partial charge in [-0.15, -0.1) is 17.3 Å². The maximum atomic E-state index is 3.06. The molecule has 1 aromatic carbocycles. The molecule has 56 valence electrons. The third-order valence-corrected chi connectivity index (χ3v) is 2.35. The van der Waals surface area contributed by atoms with Crippen molar-refractivity contribution in [3.05, 3.63) is 29.8 Å². The molecule has 0 saturated heterocycles. The van der Waals surface area contributed by atoms with Gasteiger partial charge in [0.15, 0.2) is 0 Å². The number of hydrogen-bond acceptors (Lipinski definition) is 1. The van der Waals surface area contributed by atoms with E-state index in [1.54, 1.807) is 11.8 Å². The van der Waals surface area contributed by atoms with Crippen molar-refractivity contribution in [3.8, 4) is 11.5 Å². The summed E-state index contributed by atoms with van der Waals surface area (Å²) in [5.74, 6) is 3.06. The highest BCUT2D eigenvalue weighted by Crippen LogP contribution is 2.13. The van der Waals surface area contributed by atoms with Crippen LogP contribution in [0.15, 0.2) is 29.2 Å². The second kappa shape index (κ2) is 4.27. The van der Waals surface area contributed by atoms with Gasteiger partial charge >= 0.3 is 0 Å². The monoisotopic (exact) mass is 178 g/mol. The summed E-state index contributed by atoms with van der Waals surface area (Å²) in [5, 5.41) is 0. The van der Waals surface area contributed by atoms with Crippen LogP contribution in [0.25, 0.3) is 0 Å². The molecule has 0 aliphatic heterocycles. The van der Waals surface area contributed by atoms with E-state index < -0.39 is 0 Å². The van der Waals surface area contributed by atoms with Gasteiger partial charge in [-0.1, -0.05) is 5.92 Å². The van der Waals surface area contributed by atoms with Crippen molar-refractivity contribution in [2.75, 3.05) is 6.26 Å². The molecule has 0 N–H and O–H groups in total. The minimum absolute atomic E-state index is 0.957. The van der Waals surface area contributed by atoms with Crippen molar-refractivity contribution in [1.82, 2.24) is 0 Å². The van der Waals surface area contributed by atoms with Crippen LogP contribution in [0.2, 0.25) is 0 Å². The lowest BCUT2D eigenvalue weighted by Gasteiger charge is -1.94. The van der Waals surface area contributed by atoms with E-state index in [9.17, 15) is 0 Å². The Morgan fingerprint density at radius 1 is 1.27 bits per heavy atom. The first-order chi connectivity index (χ1) is 5.36. The Hall–Kier alpha value is -0.653. The largest absolute Gasteiger partial charge is 0.138 e. The zero-order valence-corrected chi connectivity index (χ0v) is 9.53. The van der Waals surface area contributed by atoms with Crippen LogP contribution < -0.4 is 0 Å². The van der Waals surface area contributed by atoms with Crippen LogP contribution in [0.3, 0.4) is 0 Å². The number of thioether (sulfide) groups is 1. The fraction of sp³-hybridized carbons (Fsp3) is 0.111. The van der Waals surface area contributed by atoms with Gasteiger partial charge < -0.3 is 0 Å². The van der Waals surface area contributed by atoms with Crippen molar-refractivity contribution in [2.45, 2.75) is 4.90 Å². The highest BCUT2D eigenvalue weighted by molar-refractivity contribution is 7.98. The van der Waals surface area contributed by atoms with Gasteiger partial charge in [0.25, 0.3) is 0 Å². The fourth-order valence-electron chi connectivity index (χ4n) is 0.819. The van der Waals surface area contributed by atoms with E-state index in [-0.39, 0.29) is 0 Å². The molecular weight excluding hydrogens is 168 g/mol. The molecule has 0 aliphatic rings. The van der Waals surface area contributed by atoms with Gasteiger partial charge in [-0.05, 0) is 30.5 Å². The molecule has 0 heterocycles. The Bertz CT molecular complexity index is 279. The summed E-state index contributed by atoms with van der Waals surface area (Å²) in [6.07, 6.45) is 2.08. The standard InChI is InChI=1S/C9H10SSi/c1-10-9-4-2-8(3-5-9)6-7-11/h2-5H,1,11H3. The molecule has 0 nitrogen and oxygen atoms in total. The Morgan fingerprint density at radius 2 is 1.91 bits per heavy atom. The summed E-state index contributed by atoms with van der Waals surface area (Å²) >= 11 is 1.76. The summed E-state index contributed by atoms with van der Waals surface area (Å²) in [4.78, 5) is 1.30. The van der Waals surface area contributed by atoms with E-state index in [0.29, 0.717) is 0 Å². The predicted octanol–water partition coefficient (Wildman–Crippen LogP) is 1.08. The Balaban J connectivity index is 2.88. The third kappa shape index (κ3) is 2.45. The van der Waals surface area contributed by atoms with E-state index in [2.05, 4.69) is 42.0 Å². The van der Waals surface area contributed by atoms with Crippen LogP contribution in [-0.4, -0.2) is 16.5 Å². The lowest BCUT2D eigenvalue weighted by atomic mass is 10.2. The van der Waals surface area contributed by atoms with E-state index >= 15 is 0 Å². The molecule has 1 aromatic rings. The molecule has 0 aromatic heterocycles. The average Bonchev–Trinajstić information content (AvgIpc) is 2.07. The van der Waals surface area contributed by atoms with Gasteiger partial charge in [-0.25, -0.2) is 0 Å². The molecular formula is C9H10SSi. The summed E-state index contributed by atoms with van der Waals surface area (Å²) < 4.78 is 0. The molecule has 0 spiro atoms. The number of rotatable bonds is 1. The van der Waals surface area contributed by atoms with E-state index in [4.69, 9.17) is 0 Å². The molecule has 11 heavy (non-hydrogen) atoms. The van der Waals surface area contributed by atoms with Crippen molar-refractivity contribution >= 4 is 22.0 Å². The maximum Gasteiger partial charge on any atom is 0.0911 e. The topological polar surface area (TPSA) is 0 Å². The zero-order chi connectivity index (χ0) is 8.10. The quantitative estimate of drug-likeness (QED) is 0.352. The lowest BCUT2D eigenvalue weighted by Crippen LogP contribution is -1.73. The molecule has 0 aliphatic carbocycles. The van der Waals surface area contributed by atoms with E-state index in [0.717, 1.165) is 15.8 Å². The molecule has 0 bridgehead atoms. The minimum Gasteiger partial charge on any atom is -0.138 e. The summed E-state index contributed by atoms with van der Waals surface area (Å²) in [6, 6.07) is 8.34. The van der Waals surface area contributed by atoms with Crippen LogP contribution in [0.1, 0.15) is 5.56 Å². The molecule has 0 unspecified atom stereocenters. The van der Waals surface area contributed by atoms with Gasteiger partial charge in [0.05, 0.1) is 10.2 Å². The maximum absolute atomic E-state index is 3.06. The van der Waals surface area contributed by atoms with Gasteiger partial charge in [-0.2, -0.15) is 0 Å². The number of benzene rings is 1. The molecule has 2 heteroatoms. The van der Waals surface area contributed by atoms with Crippen LogP contribution in [0.4, 0.5) is 0 Å². The lowest BCUT2D eigenvalue weighted by molar-refractivity contribution is 1.45. The molecule has 0 amide bonds. The minimum atomic E-state index is 0.957. The summed E-state index contributed by atoms with van der Waals surface area (Å²) in [5.41, 5.74) is 4.13. The Morgan fingerprint density at radius 3 is 2.36 bits per heavy atom. The molecule has 0 atom stereocenters. The van der Waals surface area contributed by atoms with Crippen molar-refractivity contribution < 1.29 is 0 Å². The summed E-state index contributed by atoms with van der Waals surface area (Å²) in [7, 11) is 0.957. The molecule has 0 radical (unpaired) electrons. The van der Waals surface area contributed by atoms with Crippen molar-refractivity contribution in [3.63, 3.8) is 0 Å². The van der Waals surface area contributed by atoms with Crippen LogP contribution in [-0.2, 0) is 0 Å². The first-order valence-electron chi connectivity index (χ1n) is 3.43. The first-order valence-corrected chi connectivity index (χ1v) is 5.66. The van der Waals surface area contributed by atoms with Crippen LogP contribution in [0, 0.1) is 11.5 Å². The van der Waals surface area contributed by atoms with Crippen LogP contribution >= 0.6 is 11.8 Å². The van der Waals surface area contributed by atoms with Crippen molar-refractivity contribution in [1.29, 1.82) is 0 Å². The second-order valence-electron chi connectivity index (χ2n) is 2.10. The normalized spacial score (nSPS) is 8.82. The predicted molar refractivity (Wildman–Crippen MR) is 55.0 cm³/mol. The SMILES string of the molecule is CSc1ccc(C#C[SiH3])cc1. The fourth-order valence-corrected chi connectivity index (χ4v) is 1.52. The van der Waals surface area contributed by atoms with Gasteiger partial charge in [0.1, 0.15) is 0 Å². The number of hydrogen-bond donors (Lipinski definition) is 0. The average molecular weight is 178 g/mol. The van der Waals surface area contributed by atoms with E-state index in [1.807, 2.05) is 0 Å². The highest BCUT2D eigenvalue weighted by Gasteiger charge is 1.87. The summed E-state index contributed by atoms with van der Waals surface area (Å²) in [6.45, 7) is 0. The second-order valence-corrected chi connectivity index (χ2v) is 3.48. The van der Waals surface area contributed by atoms with E-state index in [1.165, 1.54) is 4.90 Å². The van der Waals surface area contributed by atoms with Crippen LogP contribution in [0.5, 0.6) is 0 Å². The molecule has 1 rings (SSSR count). The Kier molecular flexibility index (Phi) is 3.28. The highest BCUT2D eigenvalue weighted by atomic mass is 32.2. The van der Waals surface area contributed by atoms with Gasteiger partial charge in [-0.3, -0.25) is 0 Å². The first kappa shape index (κ1) is 8.44. The zero-order valence-electron chi connectivity index (χ0n) is 6.72. The third-order valence-electron chi connectivity index (χ3n) is 1.36. The van der Waals surface area contributed by atoms with Crippen molar-refractivity contribution in [2.24, 2.45) is 0 Å². The van der Waals surface area contributed by atoms with Gasteiger partial charge in [0, 0.05) is 10.5 Å². The smallest absolute Gasteiger partial charge is 0.0911 e. The van der Waals surface area contributed by atoms with Gasteiger partial charge in [0.2, 0.25) is 0 Å². The molecule has 0 saturated carbocycles. The molecule has 0 fully saturated rings. The Labute approximate surface area is 74.8 Å².